The van der Waals surface area contributed by atoms with Gasteiger partial charge in [-0.25, -0.2) is 9.97 Å². The Kier molecular flexibility index (Phi) is 5.62. The first-order valence-electron chi connectivity index (χ1n) is 7.25. The monoisotopic (exact) mass is 355 g/mol. The summed E-state index contributed by atoms with van der Waals surface area (Å²) in [4.78, 5) is 22.8. The Labute approximate surface area is 147 Å². The van der Waals surface area contributed by atoms with E-state index in [-0.39, 0.29) is 30.7 Å². The van der Waals surface area contributed by atoms with E-state index >= 15 is 0 Å². The summed E-state index contributed by atoms with van der Waals surface area (Å²) in [5.41, 5.74) is 0.659. The second-order valence-corrected chi connectivity index (χ2v) is 5.76. The largest absolute Gasteiger partial charge is 0.338 e. The Hall–Kier alpha value is -1.63. The molecule has 0 unspecified atom stereocenters. The number of halogens is 2. The van der Waals surface area contributed by atoms with Crippen LogP contribution in [0.2, 0.25) is 0 Å². The molecule has 23 heavy (non-hydrogen) atoms. The number of amides is 1. The minimum Gasteiger partial charge on any atom is -0.338 e. The molecule has 2 aliphatic heterocycles. The van der Waals surface area contributed by atoms with Crippen LogP contribution < -0.4 is 5.32 Å². The van der Waals surface area contributed by atoms with Crippen LogP contribution in [0.1, 0.15) is 10.4 Å². The summed E-state index contributed by atoms with van der Waals surface area (Å²) in [5, 5.41) is 3.39. The quantitative estimate of drug-likeness (QED) is 0.884. The molecule has 0 bridgehead atoms. The van der Waals surface area contributed by atoms with Crippen LogP contribution in [0.3, 0.4) is 0 Å². The van der Waals surface area contributed by atoms with E-state index in [1.807, 2.05) is 27.8 Å². The number of aromatic nitrogens is 3. The predicted octanol–water partition coefficient (Wildman–Crippen LogP) is 1.40. The lowest BCUT2D eigenvalue weighted by molar-refractivity contribution is 0.0781. The standard InChI is InChI=1S/C15H17N5O.2ClH/c21-15(20-8-12-5-17-6-13(12)9-20)11-1-2-14(18-7-11)19-4-3-16-10-19;;/h1-4,7,10,12-13,17H,5-6,8-9H2;2*1H/t12-,13+;;. The molecular formula is C15H19Cl2N5O. The van der Waals surface area contributed by atoms with Crippen molar-refractivity contribution in [1.29, 1.82) is 0 Å². The molecule has 2 aliphatic rings. The van der Waals surface area contributed by atoms with Crippen molar-refractivity contribution in [3.8, 4) is 5.82 Å². The maximum atomic E-state index is 12.5. The first-order valence-corrected chi connectivity index (χ1v) is 7.25. The minimum absolute atomic E-state index is 0. The Morgan fingerprint density at radius 2 is 1.91 bits per heavy atom. The van der Waals surface area contributed by atoms with Gasteiger partial charge in [0.2, 0.25) is 0 Å². The molecule has 4 rings (SSSR count). The van der Waals surface area contributed by atoms with Crippen LogP contribution in [0.4, 0.5) is 0 Å². The molecule has 1 amide bonds. The molecule has 2 aromatic rings. The Balaban J connectivity index is 0.000000960. The summed E-state index contributed by atoms with van der Waals surface area (Å²) in [6.45, 7) is 3.79. The molecule has 1 N–H and O–H groups in total. The maximum Gasteiger partial charge on any atom is 0.255 e. The molecule has 124 valence electrons. The molecule has 0 radical (unpaired) electrons. The number of likely N-dealkylation sites (tertiary alicyclic amines) is 1. The van der Waals surface area contributed by atoms with Gasteiger partial charge in [-0.05, 0) is 24.0 Å². The van der Waals surface area contributed by atoms with Gasteiger partial charge in [-0.2, -0.15) is 0 Å². The molecule has 2 saturated heterocycles. The first-order chi connectivity index (χ1) is 10.3. The predicted molar refractivity (Wildman–Crippen MR) is 91.6 cm³/mol. The molecule has 0 spiro atoms. The van der Waals surface area contributed by atoms with Crippen LogP contribution in [0.5, 0.6) is 0 Å². The lowest BCUT2D eigenvalue weighted by atomic mass is 10.0. The summed E-state index contributed by atoms with van der Waals surface area (Å²) >= 11 is 0. The van der Waals surface area contributed by atoms with Gasteiger partial charge in [-0.3, -0.25) is 9.36 Å². The van der Waals surface area contributed by atoms with E-state index in [0.717, 1.165) is 32.0 Å². The van der Waals surface area contributed by atoms with Crippen LogP contribution in [0.25, 0.3) is 5.82 Å². The van der Waals surface area contributed by atoms with Gasteiger partial charge in [0.25, 0.3) is 5.91 Å². The third kappa shape index (κ3) is 3.34. The molecule has 2 aromatic heterocycles. The zero-order chi connectivity index (χ0) is 14.2. The number of hydrogen-bond donors (Lipinski definition) is 1. The fourth-order valence-electron chi connectivity index (χ4n) is 3.26. The van der Waals surface area contributed by atoms with Crippen LogP contribution in [0.15, 0.2) is 37.1 Å². The number of hydrogen-bond acceptors (Lipinski definition) is 4. The van der Waals surface area contributed by atoms with Gasteiger partial charge in [0.05, 0.1) is 5.56 Å². The van der Waals surface area contributed by atoms with Crippen LogP contribution in [-0.4, -0.2) is 51.5 Å². The third-order valence-electron chi connectivity index (χ3n) is 4.44. The van der Waals surface area contributed by atoms with E-state index in [9.17, 15) is 4.79 Å². The highest BCUT2D eigenvalue weighted by atomic mass is 35.5. The second-order valence-electron chi connectivity index (χ2n) is 5.76. The fourth-order valence-corrected chi connectivity index (χ4v) is 3.26. The molecule has 0 aromatic carbocycles. The first kappa shape index (κ1) is 17.7. The van der Waals surface area contributed by atoms with Gasteiger partial charge in [-0.15, -0.1) is 24.8 Å². The van der Waals surface area contributed by atoms with Crippen molar-refractivity contribution in [3.63, 3.8) is 0 Å². The van der Waals surface area contributed by atoms with E-state index in [0.29, 0.717) is 17.4 Å². The summed E-state index contributed by atoms with van der Waals surface area (Å²) < 4.78 is 1.82. The van der Waals surface area contributed by atoms with Crippen molar-refractivity contribution in [2.75, 3.05) is 26.2 Å². The van der Waals surface area contributed by atoms with Crippen molar-refractivity contribution in [2.45, 2.75) is 0 Å². The number of pyridine rings is 1. The Morgan fingerprint density at radius 3 is 2.48 bits per heavy atom. The minimum atomic E-state index is 0. The zero-order valence-corrected chi connectivity index (χ0v) is 14.1. The average molecular weight is 356 g/mol. The number of nitrogens with zero attached hydrogens (tertiary/aromatic N) is 4. The molecule has 2 fully saturated rings. The molecule has 6 nitrogen and oxygen atoms in total. The average Bonchev–Trinajstić information content (AvgIpc) is 3.23. The lowest BCUT2D eigenvalue weighted by Crippen LogP contribution is -2.31. The third-order valence-corrected chi connectivity index (χ3v) is 4.44. The van der Waals surface area contributed by atoms with Crippen molar-refractivity contribution in [1.82, 2.24) is 24.8 Å². The number of carbonyl (C=O) groups excluding carboxylic acids is 1. The highest BCUT2D eigenvalue weighted by molar-refractivity contribution is 5.94. The summed E-state index contributed by atoms with van der Waals surface area (Å²) in [5.74, 6) is 2.10. The highest BCUT2D eigenvalue weighted by Gasteiger charge is 2.38. The number of imidazole rings is 1. The zero-order valence-electron chi connectivity index (χ0n) is 12.5. The highest BCUT2D eigenvalue weighted by Crippen LogP contribution is 2.27. The SMILES string of the molecule is Cl.Cl.O=C(c1ccc(-n2ccnc2)nc1)N1C[C@H]2CNC[C@H]2C1. The van der Waals surface area contributed by atoms with Gasteiger partial charge in [0.15, 0.2) is 0 Å². The fraction of sp³-hybridized carbons (Fsp3) is 0.400. The lowest BCUT2D eigenvalue weighted by Gasteiger charge is -2.17. The normalized spacial score (nSPS) is 22.2. The number of fused-ring (bicyclic) bond motifs is 1. The maximum absolute atomic E-state index is 12.5. The van der Waals surface area contributed by atoms with Crippen LogP contribution >= 0.6 is 24.8 Å². The second kappa shape index (κ2) is 7.29. The van der Waals surface area contributed by atoms with Gasteiger partial charge in [0.1, 0.15) is 12.1 Å². The van der Waals surface area contributed by atoms with E-state index in [4.69, 9.17) is 0 Å². The van der Waals surface area contributed by atoms with E-state index < -0.39 is 0 Å². The van der Waals surface area contributed by atoms with Crippen LogP contribution in [-0.2, 0) is 0 Å². The van der Waals surface area contributed by atoms with Crippen molar-refractivity contribution in [2.24, 2.45) is 11.8 Å². The molecule has 4 heterocycles. The number of nitrogens with one attached hydrogen (secondary N) is 1. The van der Waals surface area contributed by atoms with E-state index in [1.54, 1.807) is 18.7 Å². The van der Waals surface area contributed by atoms with Crippen molar-refractivity contribution < 1.29 is 4.79 Å². The van der Waals surface area contributed by atoms with E-state index in [1.165, 1.54) is 0 Å². The molecule has 8 heteroatoms. The summed E-state index contributed by atoms with van der Waals surface area (Å²) in [6, 6.07) is 3.70. The van der Waals surface area contributed by atoms with Gasteiger partial charge >= 0.3 is 0 Å². The van der Waals surface area contributed by atoms with E-state index in [2.05, 4.69) is 15.3 Å². The molecule has 2 atom stereocenters. The molecular weight excluding hydrogens is 337 g/mol. The van der Waals surface area contributed by atoms with Crippen molar-refractivity contribution >= 4 is 30.7 Å². The van der Waals surface area contributed by atoms with Crippen molar-refractivity contribution in [3.05, 3.63) is 42.6 Å². The topological polar surface area (TPSA) is 63.1 Å². The van der Waals surface area contributed by atoms with Gasteiger partial charge in [-0.1, -0.05) is 0 Å². The van der Waals surface area contributed by atoms with Crippen LogP contribution in [0, 0.1) is 11.8 Å². The Morgan fingerprint density at radius 1 is 1.17 bits per heavy atom. The summed E-state index contributed by atoms with van der Waals surface area (Å²) in [7, 11) is 0. The number of carbonyl (C=O) groups is 1. The molecule has 0 saturated carbocycles. The molecule has 0 aliphatic carbocycles. The smallest absolute Gasteiger partial charge is 0.255 e. The Bertz CT molecular complexity index is 634. The van der Waals surface area contributed by atoms with Gasteiger partial charge < -0.3 is 10.2 Å². The number of rotatable bonds is 2. The summed E-state index contributed by atoms with van der Waals surface area (Å²) in [6.07, 6.45) is 6.89. The van der Waals surface area contributed by atoms with Gasteiger partial charge in [0, 0.05) is 44.8 Å².